The van der Waals surface area contributed by atoms with E-state index in [9.17, 15) is 0 Å². The lowest BCUT2D eigenvalue weighted by Crippen LogP contribution is -2.02. The van der Waals surface area contributed by atoms with E-state index in [2.05, 4.69) is 32.3 Å². The molecule has 7 heteroatoms. The first-order chi connectivity index (χ1) is 9.26. The summed E-state index contributed by atoms with van der Waals surface area (Å²) in [5, 5.41) is 8.64. The molecule has 0 spiro atoms. The van der Waals surface area contributed by atoms with Crippen LogP contribution in [0.1, 0.15) is 12.5 Å². The number of anilines is 1. The van der Waals surface area contributed by atoms with Crippen molar-refractivity contribution >= 4 is 28.5 Å². The quantitative estimate of drug-likeness (QED) is 0.718. The van der Waals surface area contributed by atoms with Gasteiger partial charge >= 0.3 is 0 Å². The highest BCUT2D eigenvalue weighted by Gasteiger charge is 2.07. The lowest BCUT2D eigenvalue weighted by molar-refractivity contribution is 0.659. The number of aromatic amines is 1. The summed E-state index contributed by atoms with van der Waals surface area (Å²) >= 11 is 5.89. The Bertz CT molecular complexity index is 701. The molecule has 6 nitrogen and oxygen atoms in total. The molecule has 0 bridgehead atoms. The van der Waals surface area contributed by atoms with Crippen LogP contribution < -0.4 is 5.32 Å². The van der Waals surface area contributed by atoms with Crippen molar-refractivity contribution in [2.45, 2.75) is 20.0 Å². The average molecular weight is 277 g/mol. The zero-order valence-electron chi connectivity index (χ0n) is 10.4. The number of halogens is 1. The maximum absolute atomic E-state index is 5.89. The maximum atomic E-state index is 5.89. The zero-order valence-corrected chi connectivity index (χ0v) is 11.1. The number of H-pyrrole nitrogens is 1. The Labute approximate surface area is 114 Å². The van der Waals surface area contributed by atoms with Crippen LogP contribution in [-0.4, -0.2) is 24.7 Å². The van der Waals surface area contributed by atoms with Crippen molar-refractivity contribution in [1.82, 2.24) is 24.7 Å². The van der Waals surface area contributed by atoms with E-state index in [1.165, 1.54) is 0 Å². The Morgan fingerprint density at radius 3 is 3.11 bits per heavy atom. The van der Waals surface area contributed by atoms with Crippen LogP contribution in [0.3, 0.4) is 0 Å². The molecule has 3 aromatic heterocycles. The summed E-state index contributed by atoms with van der Waals surface area (Å²) in [6.45, 7) is 3.56. The van der Waals surface area contributed by atoms with Gasteiger partial charge in [0.25, 0.3) is 0 Å². The van der Waals surface area contributed by atoms with E-state index in [1.807, 2.05) is 29.3 Å². The number of nitrogens with one attached hydrogen (secondary N) is 2. The van der Waals surface area contributed by atoms with Crippen LogP contribution in [0.25, 0.3) is 11.0 Å². The number of aromatic nitrogens is 5. The van der Waals surface area contributed by atoms with Crippen LogP contribution in [0, 0.1) is 0 Å². The minimum Gasteiger partial charge on any atom is -0.365 e. The van der Waals surface area contributed by atoms with Crippen LogP contribution in [0.4, 0.5) is 5.82 Å². The smallest absolute Gasteiger partial charge is 0.226 e. The minimum absolute atomic E-state index is 0.224. The van der Waals surface area contributed by atoms with Crippen LogP contribution >= 0.6 is 11.6 Å². The predicted molar refractivity (Wildman–Crippen MR) is 74.1 cm³/mol. The molecular weight excluding hydrogens is 264 g/mol. The van der Waals surface area contributed by atoms with Gasteiger partial charge in [-0.05, 0) is 24.6 Å². The fourth-order valence-electron chi connectivity index (χ4n) is 1.91. The van der Waals surface area contributed by atoms with Crippen molar-refractivity contribution in [3.8, 4) is 0 Å². The Morgan fingerprint density at radius 2 is 2.32 bits per heavy atom. The highest BCUT2D eigenvalue weighted by atomic mass is 35.5. The molecular formula is C12H13ClN6. The van der Waals surface area contributed by atoms with Crippen molar-refractivity contribution in [3.05, 3.63) is 35.5 Å². The van der Waals surface area contributed by atoms with Gasteiger partial charge in [-0.15, -0.1) is 0 Å². The molecule has 0 saturated carbocycles. The summed E-state index contributed by atoms with van der Waals surface area (Å²) in [5.41, 5.74) is 1.83. The molecule has 3 aromatic rings. The standard InChI is InChI=1S/C12H13ClN6/c1-2-19-7-8(6-16-19)5-15-11-9-3-4-14-10(9)17-12(13)18-11/h3-4,6-7H,2,5H2,1H3,(H2,14,15,17,18). The topological polar surface area (TPSA) is 71.4 Å². The van der Waals surface area contributed by atoms with E-state index < -0.39 is 0 Å². The van der Waals surface area contributed by atoms with Crippen LogP contribution in [0.15, 0.2) is 24.7 Å². The van der Waals surface area contributed by atoms with Gasteiger partial charge in [-0.25, -0.2) is 4.98 Å². The fraction of sp³-hybridized carbons (Fsp3) is 0.250. The number of nitrogens with zero attached hydrogens (tertiary/aromatic N) is 4. The third-order valence-electron chi connectivity index (χ3n) is 2.86. The molecule has 0 aliphatic rings. The third kappa shape index (κ3) is 2.39. The van der Waals surface area contributed by atoms with Gasteiger partial charge < -0.3 is 10.3 Å². The van der Waals surface area contributed by atoms with Gasteiger partial charge in [-0.2, -0.15) is 10.1 Å². The Balaban J connectivity index is 1.83. The normalized spacial score (nSPS) is 11.1. The molecule has 0 saturated heterocycles. The summed E-state index contributed by atoms with van der Waals surface area (Å²) in [6, 6.07) is 1.92. The number of hydrogen-bond donors (Lipinski definition) is 2. The SMILES string of the molecule is CCn1cc(CNc2nc(Cl)nc3[nH]ccc23)cn1. The second-order valence-corrected chi connectivity index (χ2v) is 4.48. The second kappa shape index (κ2) is 4.89. The van der Waals surface area contributed by atoms with E-state index >= 15 is 0 Å². The number of aryl methyl sites for hydroxylation is 1. The van der Waals surface area contributed by atoms with Gasteiger partial charge in [-0.3, -0.25) is 4.68 Å². The average Bonchev–Trinajstić information content (AvgIpc) is 3.03. The van der Waals surface area contributed by atoms with Crippen molar-refractivity contribution in [1.29, 1.82) is 0 Å². The molecule has 2 N–H and O–H groups in total. The lowest BCUT2D eigenvalue weighted by atomic mass is 10.3. The monoisotopic (exact) mass is 276 g/mol. The molecule has 0 atom stereocenters. The molecule has 19 heavy (non-hydrogen) atoms. The van der Waals surface area contributed by atoms with E-state index in [0.717, 1.165) is 29.0 Å². The van der Waals surface area contributed by atoms with E-state index in [4.69, 9.17) is 11.6 Å². The van der Waals surface area contributed by atoms with Crippen LogP contribution in [-0.2, 0) is 13.1 Å². The molecule has 0 aliphatic heterocycles. The predicted octanol–water partition coefficient (Wildman–Crippen LogP) is 2.44. The highest BCUT2D eigenvalue weighted by molar-refractivity contribution is 6.28. The van der Waals surface area contributed by atoms with Gasteiger partial charge in [0, 0.05) is 31.0 Å². The summed E-state index contributed by atoms with van der Waals surface area (Å²) in [5.74, 6) is 0.723. The van der Waals surface area contributed by atoms with Gasteiger partial charge in [-0.1, -0.05) is 0 Å². The minimum atomic E-state index is 0.224. The molecule has 0 amide bonds. The van der Waals surface area contributed by atoms with E-state index in [0.29, 0.717) is 6.54 Å². The number of fused-ring (bicyclic) bond motifs is 1. The molecule has 0 aromatic carbocycles. The molecule has 98 valence electrons. The number of rotatable bonds is 4. The van der Waals surface area contributed by atoms with E-state index in [1.54, 1.807) is 0 Å². The first-order valence-electron chi connectivity index (χ1n) is 6.02. The Kier molecular flexibility index (Phi) is 3.08. The Morgan fingerprint density at radius 1 is 1.42 bits per heavy atom. The van der Waals surface area contributed by atoms with Crippen molar-refractivity contribution in [2.75, 3.05) is 5.32 Å². The van der Waals surface area contributed by atoms with Crippen molar-refractivity contribution in [3.63, 3.8) is 0 Å². The molecule has 3 heterocycles. The van der Waals surface area contributed by atoms with Gasteiger partial charge in [0.15, 0.2) is 0 Å². The molecule has 0 radical (unpaired) electrons. The second-order valence-electron chi connectivity index (χ2n) is 4.14. The number of hydrogen-bond acceptors (Lipinski definition) is 4. The van der Waals surface area contributed by atoms with Crippen LogP contribution in [0.2, 0.25) is 5.28 Å². The highest BCUT2D eigenvalue weighted by Crippen LogP contribution is 2.21. The lowest BCUT2D eigenvalue weighted by Gasteiger charge is -2.05. The summed E-state index contributed by atoms with van der Waals surface area (Å²) < 4.78 is 1.88. The van der Waals surface area contributed by atoms with Gasteiger partial charge in [0.05, 0.1) is 11.6 Å². The first kappa shape index (κ1) is 12.0. The van der Waals surface area contributed by atoms with Crippen LogP contribution in [0.5, 0.6) is 0 Å². The van der Waals surface area contributed by atoms with Crippen molar-refractivity contribution in [2.24, 2.45) is 0 Å². The van der Waals surface area contributed by atoms with E-state index in [-0.39, 0.29) is 5.28 Å². The van der Waals surface area contributed by atoms with Gasteiger partial charge in [0.1, 0.15) is 11.5 Å². The maximum Gasteiger partial charge on any atom is 0.226 e. The molecule has 0 aliphatic carbocycles. The Hall–Kier alpha value is -2.08. The molecule has 3 rings (SSSR count). The first-order valence-corrected chi connectivity index (χ1v) is 6.40. The molecule has 0 fully saturated rings. The van der Waals surface area contributed by atoms with Crippen molar-refractivity contribution < 1.29 is 0 Å². The summed E-state index contributed by atoms with van der Waals surface area (Å²) in [6.07, 6.45) is 5.66. The largest absolute Gasteiger partial charge is 0.365 e. The zero-order chi connectivity index (χ0) is 13.2. The summed E-state index contributed by atoms with van der Waals surface area (Å²) in [7, 11) is 0. The van der Waals surface area contributed by atoms with Gasteiger partial charge in [0.2, 0.25) is 5.28 Å². The summed E-state index contributed by atoms with van der Waals surface area (Å²) in [4.78, 5) is 11.3. The fourth-order valence-corrected chi connectivity index (χ4v) is 2.07. The molecule has 0 unspecified atom stereocenters. The third-order valence-corrected chi connectivity index (χ3v) is 3.03.